The van der Waals surface area contributed by atoms with E-state index in [2.05, 4.69) is 6.58 Å². The quantitative estimate of drug-likeness (QED) is 0.388. The number of rotatable bonds is 5. The minimum absolute atomic E-state index is 0.131. The summed E-state index contributed by atoms with van der Waals surface area (Å²) < 4.78 is 10.5. The van der Waals surface area contributed by atoms with Crippen LogP contribution in [-0.2, 0) is 14.0 Å². The summed E-state index contributed by atoms with van der Waals surface area (Å²) in [5.74, 6) is -0.378. The van der Waals surface area contributed by atoms with Gasteiger partial charge in [-0.1, -0.05) is 13.5 Å². The number of hydrogen-bond donors (Lipinski definition) is 0. The van der Waals surface area contributed by atoms with E-state index in [0.717, 1.165) is 6.04 Å². The zero-order valence-electron chi connectivity index (χ0n) is 8.79. The number of ether oxygens (including phenoxy) is 1. The van der Waals surface area contributed by atoms with Crippen LogP contribution in [0.2, 0.25) is 12.6 Å². The van der Waals surface area contributed by atoms with Crippen LogP contribution in [0.1, 0.15) is 13.8 Å². The Kier molecular flexibility index (Phi) is 4.94. The van der Waals surface area contributed by atoms with Gasteiger partial charge in [0.25, 0.3) is 0 Å². The fourth-order valence-electron chi connectivity index (χ4n) is 0.945. The summed E-state index contributed by atoms with van der Waals surface area (Å²) in [5, 5.41) is 0. The molecule has 0 aromatic rings. The van der Waals surface area contributed by atoms with E-state index in [1.165, 1.54) is 6.08 Å². The second-order valence-corrected chi connectivity index (χ2v) is 7.71. The van der Waals surface area contributed by atoms with Gasteiger partial charge in [-0.05, 0) is 19.5 Å². The molecule has 0 heterocycles. The third kappa shape index (κ3) is 3.32. The lowest BCUT2D eigenvalue weighted by Gasteiger charge is -2.29. The van der Waals surface area contributed by atoms with E-state index in [-0.39, 0.29) is 11.7 Å². The van der Waals surface area contributed by atoms with Crippen LogP contribution >= 0.6 is 0 Å². The van der Waals surface area contributed by atoms with Crippen molar-refractivity contribution in [3.05, 3.63) is 12.7 Å². The standard InChI is InChI=1S/C9H18O3Si/c1-6-9(10)12-8(3)13(5,7-2)11-4/h6,8H,1,7H2,2-5H3. The molecule has 0 radical (unpaired) electrons. The summed E-state index contributed by atoms with van der Waals surface area (Å²) in [5.41, 5.74) is -0.131. The predicted octanol–water partition coefficient (Wildman–Crippen LogP) is 1.88. The molecule has 0 spiro atoms. The lowest BCUT2D eigenvalue weighted by Crippen LogP contribution is -2.46. The normalized spacial score (nSPS) is 17.2. The highest BCUT2D eigenvalue weighted by atomic mass is 28.4. The van der Waals surface area contributed by atoms with Crippen molar-refractivity contribution >= 4 is 14.3 Å². The number of carbonyl (C=O) groups excluding carboxylic acids is 1. The molecule has 0 aromatic heterocycles. The number of esters is 1. The SMILES string of the molecule is C=CC(=O)OC(C)[Si](C)(CC)OC. The first-order chi connectivity index (χ1) is 6.00. The monoisotopic (exact) mass is 202 g/mol. The molecule has 76 valence electrons. The Morgan fingerprint density at radius 1 is 1.69 bits per heavy atom. The molecule has 0 aliphatic rings. The van der Waals surface area contributed by atoms with Crippen molar-refractivity contribution in [2.24, 2.45) is 0 Å². The van der Waals surface area contributed by atoms with Gasteiger partial charge in [0.1, 0.15) is 5.73 Å². The molecule has 0 bridgehead atoms. The average molecular weight is 202 g/mol. The van der Waals surface area contributed by atoms with Gasteiger partial charge >= 0.3 is 5.97 Å². The van der Waals surface area contributed by atoms with Gasteiger partial charge in [0.05, 0.1) is 0 Å². The Labute approximate surface area is 80.9 Å². The lowest BCUT2D eigenvalue weighted by molar-refractivity contribution is -0.139. The Morgan fingerprint density at radius 3 is 2.54 bits per heavy atom. The molecule has 0 saturated heterocycles. The summed E-state index contributed by atoms with van der Waals surface area (Å²) in [4.78, 5) is 10.9. The van der Waals surface area contributed by atoms with Crippen molar-refractivity contribution in [1.82, 2.24) is 0 Å². The van der Waals surface area contributed by atoms with Gasteiger partial charge < -0.3 is 9.16 Å². The van der Waals surface area contributed by atoms with Crippen molar-refractivity contribution < 1.29 is 14.0 Å². The first-order valence-electron chi connectivity index (χ1n) is 4.38. The molecule has 0 N–H and O–H groups in total. The van der Waals surface area contributed by atoms with Crippen molar-refractivity contribution in [1.29, 1.82) is 0 Å². The van der Waals surface area contributed by atoms with Crippen LogP contribution in [0.25, 0.3) is 0 Å². The molecule has 0 fully saturated rings. The number of carbonyl (C=O) groups is 1. The van der Waals surface area contributed by atoms with Crippen molar-refractivity contribution in [3.8, 4) is 0 Å². The summed E-state index contributed by atoms with van der Waals surface area (Å²) in [6.45, 7) is 9.32. The highest BCUT2D eigenvalue weighted by Crippen LogP contribution is 2.17. The number of hydrogen-bond acceptors (Lipinski definition) is 3. The largest absolute Gasteiger partial charge is 0.460 e. The van der Waals surface area contributed by atoms with E-state index in [4.69, 9.17) is 9.16 Å². The van der Waals surface area contributed by atoms with E-state index in [0.29, 0.717) is 0 Å². The molecule has 0 saturated carbocycles. The molecule has 13 heavy (non-hydrogen) atoms. The van der Waals surface area contributed by atoms with Crippen LogP contribution in [-0.4, -0.2) is 27.1 Å². The van der Waals surface area contributed by atoms with Crippen LogP contribution in [0.4, 0.5) is 0 Å². The van der Waals surface area contributed by atoms with E-state index in [1.54, 1.807) is 7.11 Å². The van der Waals surface area contributed by atoms with Crippen LogP contribution in [0.5, 0.6) is 0 Å². The molecule has 0 aliphatic carbocycles. The minimum atomic E-state index is -1.87. The first kappa shape index (κ1) is 12.4. The van der Waals surface area contributed by atoms with Gasteiger partial charge in [-0.3, -0.25) is 0 Å². The van der Waals surface area contributed by atoms with E-state index in [9.17, 15) is 4.79 Å². The van der Waals surface area contributed by atoms with Gasteiger partial charge in [0.2, 0.25) is 8.32 Å². The zero-order valence-corrected chi connectivity index (χ0v) is 9.79. The van der Waals surface area contributed by atoms with Gasteiger partial charge in [-0.2, -0.15) is 0 Å². The summed E-state index contributed by atoms with van der Waals surface area (Å²) in [7, 11) is -0.196. The summed E-state index contributed by atoms with van der Waals surface area (Å²) in [6, 6.07) is 0.926. The second-order valence-electron chi connectivity index (χ2n) is 3.15. The fraction of sp³-hybridized carbons (Fsp3) is 0.667. The van der Waals surface area contributed by atoms with E-state index < -0.39 is 8.32 Å². The van der Waals surface area contributed by atoms with Crippen LogP contribution < -0.4 is 0 Å². The highest BCUT2D eigenvalue weighted by Gasteiger charge is 2.35. The smallest absolute Gasteiger partial charge is 0.330 e. The van der Waals surface area contributed by atoms with Gasteiger partial charge in [-0.25, -0.2) is 4.79 Å². The van der Waals surface area contributed by atoms with Crippen LogP contribution in [0.3, 0.4) is 0 Å². The predicted molar refractivity (Wildman–Crippen MR) is 54.9 cm³/mol. The van der Waals surface area contributed by atoms with Crippen molar-refractivity contribution in [3.63, 3.8) is 0 Å². The van der Waals surface area contributed by atoms with Gasteiger partial charge in [0.15, 0.2) is 0 Å². The molecule has 3 nitrogen and oxygen atoms in total. The van der Waals surface area contributed by atoms with Crippen molar-refractivity contribution in [2.45, 2.75) is 32.2 Å². The maximum atomic E-state index is 10.9. The minimum Gasteiger partial charge on any atom is -0.460 e. The third-order valence-corrected chi connectivity index (χ3v) is 6.66. The molecule has 0 aromatic carbocycles. The topological polar surface area (TPSA) is 35.5 Å². The summed E-state index contributed by atoms with van der Waals surface area (Å²) >= 11 is 0. The fourth-order valence-corrected chi connectivity index (χ4v) is 2.51. The van der Waals surface area contributed by atoms with E-state index in [1.807, 2.05) is 20.4 Å². The highest BCUT2D eigenvalue weighted by molar-refractivity contribution is 6.73. The van der Waals surface area contributed by atoms with E-state index >= 15 is 0 Å². The third-order valence-electron chi connectivity index (χ3n) is 2.49. The molecule has 0 rings (SSSR count). The average Bonchev–Trinajstić information content (AvgIpc) is 2.16. The molecular weight excluding hydrogens is 184 g/mol. The molecule has 4 heteroatoms. The van der Waals surface area contributed by atoms with Crippen LogP contribution in [0.15, 0.2) is 12.7 Å². The van der Waals surface area contributed by atoms with Crippen LogP contribution in [0, 0.1) is 0 Å². The zero-order chi connectivity index (χ0) is 10.5. The molecule has 0 amide bonds. The lowest BCUT2D eigenvalue weighted by atomic mass is 10.6. The second kappa shape index (κ2) is 5.19. The molecule has 2 unspecified atom stereocenters. The molecule has 0 aliphatic heterocycles. The Bertz CT molecular complexity index is 187. The first-order valence-corrected chi connectivity index (χ1v) is 7.07. The maximum Gasteiger partial charge on any atom is 0.330 e. The summed E-state index contributed by atoms with van der Waals surface area (Å²) in [6.07, 6.45) is 1.18. The molecule has 2 atom stereocenters. The molecular formula is C9H18O3Si. The van der Waals surface area contributed by atoms with Crippen molar-refractivity contribution in [2.75, 3.05) is 7.11 Å². The Balaban J connectivity index is 4.29. The maximum absolute atomic E-state index is 10.9. The van der Waals surface area contributed by atoms with Gasteiger partial charge in [0, 0.05) is 13.2 Å². The Hall–Kier alpha value is -0.613. The van der Waals surface area contributed by atoms with Gasteiger partial charge in [-0.15, -0.1) is 0 Å². The Morgan fingerprint density at radius 2 is 2.23 bits per heavy atom.